The Labute approximate surface area is 140 Å². The van der Waals surface area contributed by atoms with E-state index in [0.29, 0.717) is 19.0 Å². The van der Waals surface area contributed by atoms with E-state index in [1.165, 1.54) is 12.8 Å². The van der Waals surface area contributed by atoms with Crippen molar-refractivity contribution < 1.29 is 18.0 Å². The summed E-state index contributed by atoms with van der Waals surface area (Å²) in [5, 5.41) is 0. The molecule has 1 amide bonds. The van der Waals surface area contributed by atoms with E-state index in [-0.39, 0.29) is 5.91 Å². The molecule has 3 rings (SSSR count). The number of carbonyl (C=O) groups is 1. The number of benzene rings is 1. The van der Waals surface area contributed by atoms with Crippen LogP contribution in [0.5, 0.6) is 0 Å². The zero-order valence-electron chi connectivity index (χ0n) is 13.7. The van der Waals surface area contributed by atoms with Crippen LogP contribution in [-0.4, -0.2) is 48.4 Å². The largest absolute Gasteiger partial charge is 0.342 e. The van der Waals surface area contributed by atoms with Crippen LogP contribution in [0.25, 0.3) is 0 Å². The Hall–Kier alpha value is -1.56. The molecule has 24 heavy (non-hydrogen) atoms. The van der Waals surface area contributed by atoms with Crippen LogP contribution < -0.4 is 0 Å². The molecular weight excluding hydrogens is 317 g/mol. The molecule has 1 unspecified atom stereocenters. The van der Waals surface area contributed by atoms with Crippen LogP contribution in [0.2, 0.25) is 0 Å². The number of halogens is 3. The minimum absolute atomic E-state index is 0.329. The summed E-state index contributed by atoms with van der Waals surface area (Å²) >= 11 is 0. The molecular formula is C18H23F3N2O. The molecule has 0 N–H and O–H groups in total. The topological polar surface area (TPSA) is 23.6 Å². The van der Waals surface area contributed by atoms with E-state index in [4.69, 9.17) is 0 Å². The van der Waals surface area contributed by atoms with Crippen molar-refractivity contribution in [3.05, 3.63) is 35.1 Å². The molecule has 0 aromatic heterocycles. The summed E-state index contributed by atoms with van der Waals surface area (Å²) in [6.07, 6.45) is 4.01. The molecule has 2 saturated heterocycles. The van der Waals surface area contributed by atoms with E-state index < -0.39 is 29.4 Å². The highest BCUT2D eigenvalue weighted by atomic mass is 19.2. The van der Waals surface area contributed by atoms with Gasteiger partial charge in [-0.25, -0.2) is 13.2 Å². The molecule has 0 bridgehead atoms. The summed E-state index contributed by atoms with van der Waals surface area (Å²) < 4.78 is 40.7. The SMILES string of the molecule is O=C(Cc1c(F)ccc(F)c1F)N1CCCC(CN2CCCC2)C1. The standard InChI is InChI=1S/C18H23F3N2O/c19-15-5-6-16(20)18(21)14(15)10-17(24)23-9-3-4-13(12-23)11-22-7-1-2-8-22/h5-6,13H,1-4,7-12H2. The van der Waals surface area contributed by atoms with Crippen LogP contribution in [0, 0.1) is 23.4 Å². The number of carbonyl (C=O) groups excluding carboxylic acids is 1. The van der Waals surface area contributed by atoms with E-state index in [2.05, 4.69) is 4.90 Å². The average molecular weight is 340 g/mol. The van der Waals surface area contributed by atoms with Crippen LogP contribution >= 0.6 is 0 Å². The van der Waals surface area contributed by atoms with Crippen molar-refractivity contribution in [3.8, 4) is 0 Å². The number of hydrogen-bond acceptors (Lipinski definition) is 2. The van der Waals surface area contributed by atoms with Gasteiger partial charge >= 0.3 is 0 Å². The fraction of sp³-hybridized carbons (Fsp3) is 0.611. The third kappa shape index (κ3) is 3.91. The van der Waals surface area contributed by atoms with Crippen LogP contribution in [0.15, 0.2) is 12.1 Å². The lowest BCUT2D eigenvalue weighted by molar-refractivity contribution is -0.132. The lowest BCUT2D eigenvalue weighted by Crippen LogP contribution is -2.44. The zero-order chi connectivity index (χ0) is 17.1. The van der Waals surface area contributed by atoms with Gasteiger partial charge < -0.3 is 9.80 Å². The zero-order valence-corrected chi connectivity index (χ0v) is 13.7. The van der Waals surface area contributed by atoms with Gasteiger partial charge in [0.15, 0.2) is 11.6 Å². The fourth-order valence-corrected chi connectivity index (χ4v) is 3.77. The fourth-order valence-electron chi connectivity index (χ4n) is 3.77. The first-order valence-corrected chi connectivity index (χ1v) is 8.67. The predicted octanol–water partition coefficient (Wildman–Crippen LogP) is 2.98. The second kappa shape index (κ2) is 7.55. The Balaban J connectivity index is 1.61. The minimum Gasteiger partial charge on any atom is -0.342 e. The first-order valence-electron chi connectivity index (χ1n) is 8.67. The van der Waals surface area contributed by atoms with Gasteiger partial charge in [-0.05, 0) is 56.8 Å². The Bertz CT molecular complexity index is 602. The molecule has 3 nitrogen and oxygen atoms in total. The van der Waals surface area contributed by atoms with Crippen LogP contribution in [0.4, 0.5) is 13.2 Å². The molecule has 1 aromatic carbocycles. The average Bonchev–Trinajstić information content (AvgIpc) is 3.08. The van der Waals surface area contributed by atoms with E-state index in [9.17, 15) is 18.0 Å². The van der Waals surface area contributed by atoms with Gasteiger partial charge in [0.05, 0.1) is 6.42 Å². The van der Waals surface area contributed by atoms with Gasteiger partial charge in [-0.15, -0.1) is 0 Å². The van der Waals surface area contributed by atoms with Crippen LogP contribution in [0.1, 0.15) is 31.2 Å². The molecule has 1 aromatic rings. The van der Waals surface area contributed by atoms with Crippen molar-refractivity contribution in [2.24, 2.45) is 5.92 Å². The van der Waals surface area contributed by atoms with Crippen molar-refractivity contribution in [2.75, 3.05) is 32.7 Å². The molecule has 2 heterocycles. The number of likely N-dealkylation sites (tertiary alicyclic amines) is 2. The van der Waals surface area contributed by atoms with Gasteiger partial charge in [-0.2, -0.15) is 0 Å². The predicted molar refractivity (Wildman–Crippen MR) is 85.0 cm³/mol. The maximum atomic E-state index is 13.7. The Morgan fingerprint density at radius 1 is 1.04 bits per heavy atom. The molecule has 0 aliphatic carbocycles. The number of amides is 1. The summed E-state index contributed by atoms with van der Waals surface area (Å²) in [5.74, 6) is -3.17. The maximum absolute atomic E-state index is 13.7. The van der Waals surface area contributed by atoms with Crippen molar-refractivity contribution in [2.45, 2.75) is 32.1 Å². The molecule has 2 aliphatic heterocycles. The maximum Gasteiger partial charge on any atom is 0.227 e. The highest BCUT2D eigenvalue weighted by Crippen LogP contribution is 2.22. The monoisotopic (exact) mass is 340 g/mol. The lowest BCUT2D eigenvalue weighted by Gasteiger charge is -2.34. The summed E-state index contributed by atoms with van der Waals surface area (Å²) in [5.41, 5.74) is -0.471. The van der Waals surface area contributed by atoms with Gasteiger partial charge in [0, 0.05) is 25.2 Å². The minimum atomic E-state index is -1.26. The summed E-state index contributed by atoms with van der Waals surface area (Å²) in [4.78, 5) is 16.5. The molecule has 0 saturated carbocycles. The van der Waals surface area contributed by atoms with Crippen LogP contribution in [-0.2, 0) is 11.2 Å². The van der Waals surface area contributed by atoms with Crippen LogP contribution in [0.3, 0.4) is 0 Å². The lowest BCUT2D eigenvalue weighted by atomic mass is 9.96. The number of hydrogen-bond donors (Lipinski definition) is 0. The Morgan fingerprint density at radius 3 is 2.50 bits per heavy atom. The summed E-state index contributed by atoms with van der Waals surface area (Å²) in [6, 6.07) is 1.61. The molecule has 0 spiro atoms. The van der Waals surface area contributed by atoms with Gasteiger partial charge in [0.2, 0.25) is 5.91 Å². The normalized spacial score (nSPS) is 22.1. The van der Waals surface area contributed by atoms with E-state index in [1.54, 1.807) is 4.90 Å². The number of nitrogens with zero attached hydrogens (tertiary/aromatic N) is 2. The van der Waals surface area contributed by atoms with Crippen molar-refractivity contribution in [1.29, 1.82) is 0 Å². The highest BCUT2D eigenvalue weighted by Gasteiger charge is 2.27. The molecule has 2 fully saturated rings. The third-order valence-electron chi connectivity index (χ3n) is 5.05. The van der Waals surface area contributed by atoms with Gasteiger partial charge in [0.1, 0.15) is 5.82 Å². The Kier molecular flexibility index (Phi) is 5.43. The molecule has 1 atom stereocenters. The third-order valence-corrected chi connectivity index (χ3v) is 5.05. The molecule has 0 radical (unpaired) electrons. The molecule has 132 valence electrons. The highest BCUT2D eigenvalue weighted by molar-refractivity contribution is 5.79. The summed E-state index contributed by atoms with van der Waals surface area (Å²) in [6.45, 7) is 4.43. The smallest absolute Gasteiger partial charge is 0.227 e. The number of piperidine rings is 1. The molecule has 6 heteroatoms. The van der Waals surface area contributed by atoms with E-state index >= 15 is 0 Å². The Morgan fingerprint density at radius 2 is 1.75 bits per heavy atom. The quantitative estimate of drug-likeness (QED) is 0.787. The van der Waals surface area contributed by atoms with Gasteiger partial charge in [-0.3, -0.25) is 4.79 Å². The van der Waals surface area contributed by atoms with Crippen molar-refractivity contribution >= 4 is 5.91 Å². The summed E-state index contributed by atoms with van der Waals surface area (Å²) in [7, 11) is 0. The van der Waals surface area contributed by atoms with Crippen molar-refractivity contribution in [1.82, 2.24) is 9.80 Å². The second-order valence-corrected chi connectivity index (χ2v) is 6.85. The van der Waals surface area contributed by atoms with E-state index in [1.807, 2.05) is 0 Å². The van der Waals surface area contributed by atoms with Gasteiger partial charge in [-0.1, -0.05) is 0 Å². The van der Waals surface area contributed by atoms with Crippen molar-refractivity contribution in [3.63, 3.8) is 0 Å². The van der Waals surface area contributed by atoms with E-state index in [0.717, 1.165) is 44.6 Å². The molecule has 2 aliphatic rings. The first kappa shape index (κ1) is 17.3. The number of rotatable bonds is 4. The van der Waals surface area contributed by atoms with Gasteiger partial charge in [0.25, 0.3) is 0 Å². The second-order valence-electron chi connectivity index (χ2n) is 6.85. The first-order chi connectivity index (χ1) is 11.5.